The van der Waals surface area contributed by atoms with E-state index in [0.29, 0.717) is 5.56 Å². The molecule has 0 atom stereocenters. The molecule has 0 radical (unpaired) electrons. The third-order valence-corrected chi connectivity index (χ3v) is 3.83. The first kappa shape index (κ1) is 11.0. The van der Waals surface area contributed by atoms with Crippen LogP contribution in [0.25, 0.3) is 0 Å². The van der Waals surface area contributed by atoms with Gasteiger partial charge >= 0.3 is 0 Å². The van der Waals surface area contributed by atoms with E-state index in [4.69, 9.17) is 10.9 Å². The lowest BCUT2D eigenvalue weighted by Crippen LogP contribution is -2.13. The quantitative estimate of drug-likeness (QED) is 0.380. The second kappa shape index (κ2) is 5.00. The molecule has 2 heterocycles. The van der Waals surface area contributed by atoms with Gasteiger partial charge in [-0.2, -0.15) is 0 Å². The van der Waals surface area contributed by atoms with E-state index in [1.807, 2.05) is 23.6 Å². The molecule has 0 unspecified atom stereocenters. The summed E-state index contributed by atoms with van der Waals surface area (Å²) in [6.07, 6.45) is 1.59. The summed E-state index contributed by atoms with van der Waals surface area (Å²) in [4.78, 5) is 4.22. The number of rotatable bonds is 3. The molecule has 0 aromatic carbocycles. The zero-order valence-electron chi connectivity index (χ0n) is 8.20. The zero-order valence-corrected chi connectivity index (χ0v) is 9.83. The molecular weight excluding hydrogens is 242 g/mol. The van der Waals surface area contributed by atoms with E-state index >= 15 is 0 Å². The highest BCUT2D eigenvalue weighted by Crippen LogP contribution is 2.29. The first-order valence-corrected chi connectivity index (χ1v) is 6.14. The number of amidine groups is 1. The number of pyridine rings is 1. The maximum absolute atomic E-state index is 8.50. The van der Waals surface area contributed by atoms with E-state index in [1.165, 1.54) is 4.21 Å². The second-order valence-corrected chi connectivity index (χ2v) is 5.17. The first-order valence-electron chi connectivity index (χ1n) is 4.45. The van der Waals surface area contributed by atoms with E-state index < -0.39 is 0 Å². The largest absolute Gasteiger partial charge is 0.409 e. The summed E-state index contributed by atoms with van der Waals surface area (Å²) in [5.74, 6) is 0.0696. The zero-order chi connectivity index (χ0) is 11.4. The van der Waals surface area contributed by atoms with Crippen molar-refractivity contribution in [1.82, 2.24) is 4.98 Å². The van der Waals surface area contributed by atoms with Gasteiger partial charge in [0.25, 0.3) is 0 Å². The maximum atomic E-state index is 8.50. The van der Waals surface area contributed by atoms with Gasteiger partial charge in [0.2, 0.25) is 0 Å². The summed E-state index contributed by atoms with van der Waals surface area (Å²) in [7, 11) is 0. The van der Waals surface area contributed by atoms with E-state index in [1.54, 1.807) is 35.4 Å². The number of hydrogen-bond acceptors (Lipinski definition) is 5. The Bertz CT molecular complexity index is 479. The molecule has 2 aromatic rings. The van der Waals surface area contributed by atoms with E-state index in [9.17, 15) is 0 Å². The van der Waals surface area contributed by atoms with Gasteiger partial charge in [-0.3, -0.25) is 0 Å². The highest BCUT2D eigenvalue weighted by atomic mass is 32.2. The van der Waals surface area contributed by atoms with E-state index in [2.05, 4.69) is 10.1 Å². The molecule has 16 heavy (non-hydrogen) atoms. The van der Waals surface area contributed by atoms with Crippen LogP contribution in [0, 0.1) is 0 Å². The number of oxime groups is 1. The molecule has 4 nitrogen and oxygen atoms in total. The summed E-state index contributed by atoms with van der Waals surface area (Å²) < 4.78 is 1.18. The molecule has 2 rings (SSSR count). The van der Waals surface area contributed by atoms with Gasteiger partial charge < -0.3 is 10.9 Å². The predicted molar refractivity (Wildman–Crippen MR) is 65.2 cm³/mol. The smallest absolute Gasteiger partial charge is 0.171 e. The number of hydrogen-bond donors (Lipinski definition) is 2. The van der Waals surface area contributed by atoms with Gasteiger partial charge in [0.05, 0.1) is 4.21 Å². The van der Waals surface area contributed by atoms with Crippen LogP contribution in [0.5, 0.6) is 0 Å². The number of aromatic nitrogens is 1. The molecule has 0 saturated heterocycles. The molecule has 6 heteroatoms. The molecule has 0 spiro atoms. The van der Waals surface area contributed by atoms with Crippen molar-refractivity contribution in [2.75, 3.05) is 0 Å². The topological polar surface area (TPSA) is 71.5 Å². The van der Waals surface area contributed by atoms with Gasteiger partial charge in [-0.15, -0.1) is 11.3 Å². The first-order chi connectivity index (χ1) is 7.79. The van der Waals surface area contributed by atoms with Gasteiger partial charge in [-0.1, -0.05) is 23.0 Å². The molecule has 82 valence electrons. The summed E-state index contributed by atoms with van der Waals surface area (Å²) >= 11 is 3.25. The summed E-state index contributed by atoms with van der Waals surface area (Å²) in [5, 5.41) is 14.3. The van der Waals surface area contributed by atoms with Crippen LogP contribution < -0.4 is 5.73 Å². The Morgan fingerprint density at radius 3 is 2.88 bits per heavy atom. The Hall–Kier alpha value is -1.53. The SMILES string of the molecule is N/C(=N\O)c1ccc(Sc2cccs2)nc1. The standard InChI is InChI=1S/C10H9N3OS2/c11-10(13-14)7-3-4-8(12-6-7)16-9-2-1-5-15-9/h1-6,14H,(H2,11,13). The minimum Gasteiger partial charge on any atom is -0.409 e. The van der Waals surface area contributed by atoms with Gasteiger partial charge in [-0.05, 0) is 23.6 Å². The lowest BCUT2D eigenvalue weighted by Gasteiger charge is -2.00. The summed E-state index contributed by atoms with van der Waals surface area (Å²) in [6, 6.07) is 7.65. The number of nitrogens with zero attached hydrogens (tertiary/aromatic N) is 2. The van der Waals surface area contributed by atoms with Crippen molar-refractivity contribution >= 4 is 28.9 Å². The highest BCUT2D eigenvalue weighted by Gasteiger charge is 2.02. The van der Waals surface area contributed by atoms with Gasteiger partial charge in [0.15, 0.2) is 5.84 Å². The van der Waals surface area contributed by atoms with E-state index in [-0.39, 0.29) is 5.84 Å². The molecule has 0 fully saturated rings. The van der Waals surface area contributed by atoms with Gasteiger partial charge in [-0.25, -0.2) is 4.98 Å². The lowest BCUT2D eigenvalue weighted by molar-refractivity contribution is 0.318. The Balaban J connectivity index is 2.14. The fourth-order valence-corrected chi connectivity index (χ4v) is 2.73. The van der Waals surface area contributed by atoms with Crippen molar-refractivity contribution in [1.29, 1.82) is 0 Å². The van der Waals surface area contributed by atoms with Gasteiger partial charge in [0, 0.05) is 11.8 Å². The average molecular weight is 251 g/mol. The third-order valence-electron chi connectivity index (χ3n) is 1.84. The van der Waals surface area contributed by atoms with Crippen molar-refractivity contribution in [3.05, 3.63) is 41.4 Å². The van der Waals surface area contributed by atoms with Gasteiger partial charge in [0.1, 0.15) is 5.03 Å². The molecule has 3 N–H and O–H groups in total. The van der Waals surface area contributed by atoms with Crippen molar-refractivity contribution < 1.29 is 5.21 Å². The molecule has 0 aliphatic carbocycles. The number of thiophene rings is 1. The third kappa shape index (κ3) is 2.53. The Morgan fingerprint density at radius 1 is 1.44 bits per heavy atom. The molecule has 0 aliphatic heterocycles. The monoisotopic (exact) mass is 251 g/mol. The molecule has 0 saturated carbocycles. The second-order valence-electron chi connectivity index (χ2n) is 2.90. The van der Waals surface area contributed by atoms with Crippen LogP contribution in [0.2, 0.25) is 0 Å². The van der Waals surface area contributed by atoms with Crippen molar-refractivity contribution in [2.24, 2.45) is 10.9 Å². The van der Waals surface area contributed by atoms with Crippen LogP contribution in [-0.4, -0.2) is 16.0 Å². The Morgan fingerprint density at radius 2 is 2.31 bits per heavy atom. The van der Waals surface area contributed by atoms with Crippen LogP contribution in [0.4, 0.5) is 0 Å². The fraction of sp³-hybridized carbons (Fsp3) is 0. The highest BCUT2D eigenvalue weighted by molar-refractivity contribution is 8.01. The van der Waals surface area contributed by atoms with Crippen molar-refractivity contribution in [3.63, 3.8) is 0 Å². The van der Waals surface area contributed by atoms with Crippen LogP contribution >= 0.6 is 23.1 Å². The fourth-order valence-electron chi connectivity index (χ4n) is 1.07. The maximum Gasteiger partial charge on any atom is 0.171 e. The summed E-state index contributed by atoms with van der Waals surface area (Å²) in [6.45, 7) is 0. The van der Waals surface area contributed by atoms with Crippen molar-refractivity contribution in [3.8, 4) is 0 Å². The van der Waals surface area contributed by atoms with Crippen LogP contribution in [-0.2, 0) is 0 Å². The predicted octanol–water partition coefficient (Wildman–Crippen LogP) is 2.39. The minimum atomic E-state index is 0.0696. The molecule has 2 aromatic heterocycles. The van der Waals surface area contributed by atoms with Crippen LogP contribution in [0.1, 0.15) is 5.56 Å². The molecule has 0 amide bonds. The van der Waals surface area contributed by atoms with Crippen LogP contribution in [0.15, 0.2) is 50.2 Å². The summed E-state index contributed by atoms with van der Waals surface area (Å²) in [5.41, 5.74) is 6.04. The Kier molecular flexibility index (Phi) is 3.43. The average Bonchev–Trinajstić information content (AvgIpc) is 2.82. The Labute approximate surface area is 101 Å². The van der Waals surface area contributed by atoms with Crippen molar-refractivity contribution in [2.45, 2.75) is 9.24 Å². The minimum absolute atomic E-state index is 0.0696. The van der Waals surface area contributed by atoms with E-state index in [0.717, 1.165) is 5.03 Å². The molecule has 0 aliphatic rings. The lowest BCUT2D eigenvalue weighted by atomic mass is 10.3. The number of nitrogens with two attached hydrogens (primary N) is 1. The molecular formula is C10H9N3OS2. The molecule has 0 bridgehead atoms. The van der Waals surface area contributed by atoms with Crippen LogP contribution in [0.3, 0.4) is 0 Å². The normalized spacial score (nSPS) is 11.6.